The number of carbonyl (C=O) groups excluding carboxylic acids is 1. The van der Waals surface area contributed by atoms with Crippen LogP contribution in [0.15, 0.2) is 38.6 Å². The van der Waals surface area contributed by atoms with Gasteiger partial charge >= 0.3 is 0 Å². The second-order valence-corrected chi connectivity index (χ2v) is 6.51. The Hall–Kier alpha value is -1.20. The molecule has 0 spiro atoms. The van der Waals surface area contributed by atoms with Crippen LogP contribution in [-0.4, -0.2) is 23.5 Å². The first-order chi connectivity index (χ1) is 9.72. The van der Waals surface area contributed by atoms with Crippen LogP contribution >= 0.6 is 23.5 Å². The Morgan fingerprint density at radius 2 is 2.05 bits per heavy atom. The molecule has 1 saturated carbocycles. The van der Waals surface area contributed by atoms with Gasteiger partial charge in [-0.2, -0.15) is 0 Å². The molecule has 2 aromatic rings. The van der Waals surface area contributed by atoms with Crippen molar-refractivity contribution in [2.75, 3.05) is 12.5 Å². The lowest BCUT2D eigenvalue weighted by Crippen LogP contribution is -2.03. The summed E-state index contributed by atoms with van der Waals surface area (Å²) < 4.78 is 5.27. The predicted octanol–water partition coefficient (Wildman–Crippen LogP) is 4.23. The molecule has 0 bridgehead atoms. The molecule has 1 aliphatic rings. The van der Waals surface area contributed by atoms with E-state index in [1.165, 1.54) is 0 Å². The maximum atomic E-state index is 12.5. The fourth-order valence-corrected chi connectivity index (χ4v) is 3.22. The second-order valence-electron chi connectivity index (χ2n) is 4.78. The van der Waals surface area contributed by atoms with Crippen LogP contribution in [0.4, 0.5) is 0 Å². The molecule has 1 aliphatic carbocycles. The van der Waals surface area contributed by atoms with Crippen molar-refractivity contribution in [3.8, 4) is 0 Å². The van der Waals surface area contributed by atoms with Crippen molar-refractivity contribution in [2.45, 2.75) is 28.6 Å². The Morgan fingerprint density at radius 3 is 2.70 bits per heavy atom. The molecule has 104 valence electrons. The molecule has 0 atom stereocenters. The summed E-state index contributed by atoms with van der Waals surface area (Å²) in [5.74, 6) is 1.26. The summed E-state index contributed by atoms with van der Waals surface area (Å²) in [6, 6.07) is 7.70. The Bertz CT molecular complexity index is 647. The third-order valence-electron chi connectivity index (χ3n) is 3.39. The molecule has 0 unspecified atom stereocenters. The lowest BCUT2D eigenvalue weighted by Gasteiger charge is -2.06. The van der Waals surface area contributed by atoms with Gasteiger partial charge in [-0.3, -0.25) is 4.79 Å². The summed E-state index contributed by atoms with van der Waals surface area (Å²) in [4.78, 5) is 14.7. The molecular formula is C15H15NO2S2. The SMILES string of the molecule is CSc1ccc(C(=O)c2cc(C3CC3)on2)c(SC)c1. The van der Waals surface area contributed by atoms with E-state index in [2.05, 4.69) is 5.16 Å². The van der Waals surface area contributed by atoms with Gasteiger partial charge in [-0.15, -0.1) is 23.5 Å². The first-order valence-corrected chi connectivity index (χ1v) is 8.91. The number of nitrogens with zero attached hydrogens (tertiary/aromatic N) is 1. The minimum Gasteiger partial charge on any atom is -0.360 e. The minimum atomic E-state index is -0.0577. The summed E-state index contributed by atoms with van der Waals surface area (Å²) in [6.07, 6.45) is 6.29. The molecule has 0 N–H and O–H groups in total. The minimum absolute atomic E-state index is 0.0577. The van der Waals surface area contributed by atoms with Crippen LogP contribution in [-0.2, 0) is 0 Å². The van der Waals surface area contributed by atoms with Crippen molar-refractivity contribution >= 4 is 29.3 Å². The molecule has 1 heterocycles. The van der Waals surface area contributed by atoms with Crippen LogP contribution in [0.3, 0.4) is 0 Å². The average Bonchev–Trinajstić information content (AvgIpc) is 3.23. The summed E-state index contributed by atoms with van der Waals surface area (Å²) in [6.45, 7) is 0. The Kier molecular flexibility index (Phi) is 3.89. The summed E-state index contributed by atoms with van der Waals surface area (Å²) in [5, 5.41) is 3.93. The Morgan fingerprint density at radius 1 is 1.25 bits per heavy atom. The molecule has 3 nitrogen and oxygen atoms in total. The van der Waals surface area contributed by atoms with E-state index in [1.54, 1.807) is 29.6 Å². The topological polar surface area (TPSA) is 43.1 Å². The van der Waals surface area contributed by atoms with Gasteiger partial charge in [-0.25, -0.2) is 0 Å². The van der Waals surface area contributed by atoms with Gasteiger partial charge in [0.2, 0.25) is 5.78 Å². The number of rotatable bonds is 5. The molecule has 0 radical (unpaired) electrons. The molecule has 1 aromatic carbocycles. The smallest absolute Gasteiger partial charge is 0.216 e. The van der Waals surface area contributed by atoms with Crippen molar-refractivity contribution in [1.29, 1.82) is 0 Å². The summed E-state index contributed by atoms with van der Waals surface area (Å²) in [7, 11) is 0. The highest BCUT2D eigenvalue weighted by atomic mass is 32.2. The zero-order chi connectivity index (χ0) is 14.1. The Labute approximate surface area is 126 Å². The standard InChI is InChI=1S/C15H15NO2S2/c1-19-10-5-6-11(14(7-10)20-2)15(17)12-8-13(18-16-12)9-3-4-9/h5-9H,3-4H2,1-2H3. The van der Waals surface area contributed by atoms with Crippen LogP contribution in [0.1, 0.15) is 40.6 Å². The highest BCUT2D eigenvalue weighted by molar-refractivity contribution is 7.99. The van der Waals surface area contributed by atoms with Crippen LogP contribution in [0, 0.1) is 0 Å². The van der Waals surface area contributed by atoms with E-state index in [0.29, 0.717) is 17.2 Å². The van der Waals surface area contributed by atoms with E-state index < -0.39 is 0 Å². The lowest BCUT2D eigenvalue weighted by molar-refractivity contribution is 0.102. The van der Waals surface area contributed by atoms with Crippen molar-refractivity contribution in [3.63, 3.8) is 0 Å². The third kappa shape index (κ3) is 2.65. The van der Waals surface area contributed by atoms with Gasteiger partial charge < -0.3 is 4.52 Å². The first kappa shape index (κ1) is 13.8. The second kappa shape index (κ2) is 5.66. The number of aromatic nitrogens is 1. The number of ketones is 1. The highest BCUT2D eigenvalue weighted by Gasteiger charge is 2.29. The zero-order valence-corrected chi connectivity index (χ0v) is 13.0. The normalized spacial score (nSPS) is 14.5. The van der Waals surface area contributed by atoms with Gasteiger partial charge in [0.15, 0.2) is 5.69 Å². The van der Waals surface area contributed by atoms with E-state index in [4.69, 9.17) is 4.52 Å². The molecule has 0 amide bonds. The Balaban J connectivity index is 1.92. The summed E-state index contributed by atoms with van der Waals surface area (Å²) >= 11 is 3.25. The number of benzene rings is 1. The lowest BCUT2D eigenvalue weighted by atomic mass is 10.1. The van der Waals surface area contributed by atoms with Crippen molar-refractivity contribution in [3.05, 3.63) is 41.3 Å². The van der Waals surface area contributed by atoms with E-state index in [0.717, 1.165) is 28.4 Å². The first-order valence-electron chi connectivity index (χ1n) is 6.46. The molecule has 3 rings (SSSR count). The predicted molar refractivity (Wildman–Crippen MR) is 81.9 cm³/mol. The molecule has 0 saturated heterocycles. The highest BCUT2D eigenvalue weighted by Crippen LogP contribution is 2.40. The summed E-state index contributed by atoms with van der Waals surface area (Å²) in [5.41, 5.74) is 1.12. The van der Waals surface area contributed by atoms with Gasteiger partial charge in [-0.1, -0.05) is 5.16 Å². The number of hydrogen-bond donors (Lipinski definition) is 0. The van der Waals surface area contributed by atoms with E-state index in [1.807, 2.05) is 30.7 Å². The fraction of sp³-hybridized carbons (Fsp3) is 0.333. The molecule has 0 aliphatic heterocycles. The number of hydrogen-bond acceptors (Lipinski definition) is 5. The van der Waals surface area contributed by atoms with Crippen molar-refractivity contribution < 1.29 is 9.32 Å². The van der Waals surface area contributed by atoms with Gasteiger partial charge in [0.05, 0.1) is 0 Å². The number of carbonyl (C=O) groups is 1. The fourth-order valence-electron chi connectivity index (χ4n) is 2.08. The van der Waals surface area contributed by atoms with Gasteiger partial charge in [-0.05, 0) is 43.6 Å². The molecular weight excluding hydrogens is 290 g/mol. The van der Waals surface area contributed by atoms with Gasteiger partial charge in [0.1, 0.15) is 5.76 Å². The van der Waals surface area contributed by atoms with Crippen LogP contribution < -0.4 is 0 Å². The van der Waals surface area contributed by atoms with Crippen LogP contribution in [0.2, 0.25) is 0 Å². The maximum Gasteiger partial charge on any atom is 0.216 e. The van der Waals surface area contributed by atoms with Crippen molar-refractivity contribution in [1.82, 2.24) is 5.16 Å². The van der Waals surface area contributed by atoms with Gasteiger partial charge in [0, 0.05) is 27.3 Å². The van der Waals surface area contributed by atoms with Crippen LogP contribution in [0.25, 0.3) is 0 Å². The van der Waals surface area contributed by atoms with Crippen LogP contribution in [0.5, 0.6) is 0 Å². The molecule has 1 aromatic heterocycles. The van der Waals surface area contributed by atoms with E-state index >= 15 is 0 Å². The average molecular weight is 305 g/mol. The molecule has 20 heavy (non-hydrogen) atoms. The van der Waals surface area contributed by atoms with Crippen molar-refractivity contribution in [2.24, 2.45) is 0 Å². The maximum absolute atomic E-state index is 12.5. The van der Waals surface area contributed by atoms with E-state index in [9.17, 15) is 4.79 Å². The van der Waals surface area contributed by atoms with Gasteiger partial charge in [0.25, 0.3) is 0 Å². The van der Waals surface area contributed by atoms with E-state index in [-0.39, 0.29) is 5.78 Å². The number of thioether (sulfide) groups is 2. The largest absolute Gasteiger partial charge is 0.360 e. The molecule has 5 heteroatoms. The monoisotopic (exact) mass is 305 g/mol. The zero-order valence-electron chi connectivity index (χ0n) is 11.4. The third-order valence-corrected chi connectivity index (χ3v) is 4.90. The molecule has 1 fully saturated rings. The quantitative estimate of drug-likeness (QED) is 0.611.